The summed E-state index contributed by atoms with van der Waals surface area (Å²) < 4.78 is 1.94. The van der Waals surface area contributed by atoms with E-state index < -0.39 is 0 Å². The van der Waals surface area contributed by atoms with Gasteiger partial charge in [-0.05, 0) is 25.5 Å². The number of aliphatic hydroxyl groups excluding tert-OH is 1. The largest absolute Gasteiger partial charge is 0.396 e. The number of hydrogen-bond acceptors (Lipinski definition) is 5. The summed E-state index contributed by atoms with van der Waals surface area (Å²) >= 11 is 0. The van der Waals surface area contributed by atoms with Crippen LogP contribution in [0.3, 0.4) is 0 Å². The van der Waals surface area contributed by atoms with Gasteiger partial charge in [0.05, 0.1) is 17.4 Å². The van der Waals surface area contributed by atoms with Crippen molar-refractivity contribution in [3.63, 3.8) is 0 Å². The molecule has 1 N–H and O–H groups in total. The summed E-state index contributed by atoms with van der Waals surface area (Å²) in [4.78, 5) is 6.18. The Balaban J connectivity index is 1.87. The lowest BCUT2D eigenvalue weighted by Gasteiger charge is -2.19. The van der Waals surface area contributed by atoms with Crippen molar-refractivity contribution in [1.29, 1.82) is 5.26 Å². The molecule has 0 bridgehead atoms. The zero-order valence-electron chi connectivity index (χ0n) is 13.4. The Labute approximate surface area is 136 Å². The van der Waals surface area contributed by atoms with Crippen LogP contribution in [0.2, 0.25) is 0 Å². The fourth-order valence-electron chi connectivity index (χ4n) is 3.21. The highest BCUT2D eigenvalue weighted by Crippen LogP contribution is 2.36. The lowest BCUT2D eigenvalue weighted by atomic mass is 9.92. The van der Waals surface area contributed by atoms with Crippen LogP contribution in [0.25, 0.3) is 0 Å². The summed E-state index contributed by atoms with van der Waals surface area (Å²) in [5.41, 5.74) is 2.61. The number of hydrogen-bond donors (Lipinski definition) is 1. The highest BCUT2D eigenvalue weighted by molar-refractivity contribution is 5.59. The fourth-order valence-corrected chi connectivity index (χ4v) is 3.21. The van der Waals surface area contributed by atoms with Gasteiger partial charge in [-0.3, -0.25) is 9.67 Å². The van der Waals surface area contributed by atoms with E-state index in [0.717, 1.165) is 24.3 Å². The maximum absolute atomic E-state index is 9.77. The SMILES string of the molecule is CC(C)n1cc([C@@H]2CN(c3ccncc3C#N)C[C@H]2CO)cn1. The number of rotatable bonds is 4. The predicted molar refractivity (Wildman–Crippen MR) is 87.1 cm³/mol. The summed E-state index contributed by atoms with van der Waals surface area (Å²) in [6, 6.07) is 4.38. The molecule has 2 atom stereocenters. The van der Waals surface area contributed by atoms with E-state index in [1.165, 1.54) is 0 Å². The van der Waals surface area contributed by atoms with Gasteiger partial charge >= 0.3 is 0 Å². The molecule has 0 amide bonds. The number of pyridine rings is 1. The molecular formula is C17H21N5O. The van der Waals surface area contributed by atoms with Gasteiger partial charge in [0, 0.05) is 56.2 Å². The molecule has 1 aliphatic heterocycles. The fraction of sp³-hybridized carbons (Fsp3) is 0.471. The molecule has 23 heavy (non-hydrogen) atoms. The molecule has 2 aromatic heterocycles. The highest BCUT2D eigenvalue weighted by Gasteiger charge is 2.35. The maximum atomic E-state index is 9.77. The molecule has 0 radical (unpaired) electrons. The lowest BCUT2D eigenvalue weighted by molar-refractivity contribution is 0.227. The van der Waals surface area contributed by atoms with Crippen LogP contribution in [0, 0.1) is 17.2 Å². The second kappa shape index (κ2) is 6.39. The predicted octanol–water partition coefficient (Wildman–Crippen LogP) is 1.94. The van der Waals surface area contributed by atoms with Gasteiger partial charge in [-0.25, -0.2) is 0 Å². The minimum Gasteiger partial charge on any atom is -0.396 e. The van der Waals surface area contributed by atoms with Crippen molar-refractivity contribution in [2.45, 2.75) is 25.8 Å². The molecule has 2 aromatic rings. The maximum Gasteiger partial charge on any atom is 0.103 e. The Morgan fingerprint density at radius 1 is 1.39 bits per heavy atom. The van der Waals surface area contributed by atoms with E-state index in [1.54, 1.807) is 12.4 Å². The Bertz CT molecular complexity index is 718. The minimum absolute atomic E-state index is 0.126. The van der Waals surface area contributed by atoms with E-state index in [1.807, 2.05) is 16.9 Å². The Morgan fingerprint density at radius 2 is 2.22 bits per heavy atom. The Hall–Kier alpha value is -2.39. The van der Waals surface area contributed by atoms with Crippen LogP contribution in [0.15, 0.2) is 30.9 Å². The summed E-state index contributed by atoms with van der Waals surface area (Å²) in [5, 5.41) is 23.5. The number of nitrogens with zero attached hydrogens (tertiary/aromatic N) is 5. The van der Waals surface area contributed by atoms with Crippen LogP contribution in [0.5, 0.6) is 0 Å². The zero-order chi connectivity index (χ0) is 16.4. The molecule has 3 heterocycles. The van der Waals surface area contributed by atoms with E-state index in [9.17, 15) is 10.4 Å². The summed E-state index contributed by atoms with van der Waals surface area (Å²) in [6.45, 7) is 5.82. The molecular weight excluding hydrogens is 290 g/mol. The second-order valence-corrected chi connectivity index (χ2v) is 6.31. The molecule has 1 fully saturated rings. The first-order chi connectivity index (χ1) is 11.1. The highest BCUT2D eigenvalue weighted by atomic mass is 16.3. The standard InChI is InChI=1S/C17H21N5O/c1-12(2)22-9-14(7-20-22)16-10-21(8-15(16)11-23)17-3-4-19-6-13(17)5-18/h3-4,6-7,9,12,15-16,23H,8,10-11H2,1-2H3/t15-,16-/m0/s1. The smallest absolute Gasteiger partial charge is 0.103 e. The van der Waals surface area contributed by atoms with E-state index in [4.69, 9.17) is 0 Å². The molecule has 6 nitrogen and oxygen atoms in total. The number of nitriles is 1. The third kappa shape index (κ3) is 2.92. The topological polar surface area (TPSA) is 78.0 Å². The van der Waals surface area contributed by atoms with Crippen LogP contribution in [-0.4, -0.2) is 39.6 Å². The first-order valence-corrected chi connectivity index (χ1v) is 7.88. The molecule has 0 saturated carbocycles. The van der Waals surface area contributed by atoms with Crippen LogP contribution >= 0.6 is 0 Å². The molecule has 1 aliphatic rings. The normalized spacial score (nSPS) is 20.9. The molecule has 6 heteroatoms. The van der Waals surface area contributed by atoms with Crippen molar-refractivity contribution in [1.82, 2.24) is 14.8 Å². The second-order valence-electron chi connectivity index (χ2n) is 6.31. The van der Waals surface area contributed by atoms with Crippen molar-refractivity contribution in [3.8, 4) is 6.07 Å². The van der Waals surface area contributed by atoms with Crippen LogP contribution in [0.4, 0.5) is 5.69 Å². The number of aliphatic hydroxyl groups is 1. The van der Waals surface area contributed by atoms with Gasteiger partial charge in [0.2, 0.25) is 0 Å². The average Bonchev–Trinajstić information content (AvgIpc) is 3.21. The monoisotopic (exact) mass is 311 g/mol. The van der Waals surface area contributed by atoms with Crippen LogP contribution in [0.1, 0.15) is 36.9 Å². The molecule has 120 valence electrons. The van der Waals surface area contributed by atoms with Gasteiger partial charge in [-0.15, -0.1) is 0 Å². The minimum atomic E-state index is 0.126. The quantitative estimate of drug-likeness (QED) is 0.933. The third-order valence-electron chi connectivity index (χ3n) is 4.51. The van der Waals surface area contributed by atoms with Crippen LogP contribution in [-0.2, 0) is 0 Å². The lowest BCUT2D eigenvalue weighted by Crippen LogP contribution is -2.21. The summed E-state index contributed by atoms with van der Waals surface area (Å²) in [6.07, 6.45) is 7.26. The molecule has 0 spiro atoms. The van der Waals surface area contributed by atoms with Crippen molar-refractivity contribution < 1.29 is 5.11 Å². The first kappa shape index (κ1) is 15.5. The van der Waals surface area contributed by atoms with Crippen molar-refractivity contribution >= 4 is 5.69 Å². The van der Waals surface area contributed by atoms with Gasteiger partial charge in [0.1, 0.15) is 6.07 Å². The van der Waals surface area contributed by atoms with Crippen LogP contribution < -0.4 is 4.90 Å². The van der Waals surface area contributed by atoms with Crippen molar-refractivity contribution in [2.75, 3.05) is 24.6 Å². The van der Waals surface area contributed by atoms with Gasteiger partial charge in [0.25, 0.3) is 0 Å². The molecule has 0 aromatic carbocycles. The first-order valence-electron chi connectivity index (χ1n) is 7.88. The molecule has 1 saturated heterocycles. The van der Waals surface area contributed by atoms with E-state index in [-0.39, 0.29) is 18.4 Å². The average molecular weight is 311 g/mol. The van der Waals surface area contributed by atoms with Gasteiger partial charge < -0.3 is 10.0 Å². The van der Waals surface area contributed by atoms with Crippen molar-refractivity contribution in [2.24, 2.45) is 5.92 Å². The number of anilines is 1. The molecule has 0 unspecified atom stereocenters. The zero-order valence-corrected chi connectivity index (χ0v) is 13.4. The molecule has 3 rings (SSSR count). The molecule has 0 aliphatic carbocycles. The summed E-state index contributed by atoms with van der Waals surface area (Å²) in [5.74, 6) is 0.353. The Morgan fingerprint density at radius 3 is 2.87 bits per heavy atom. The summed E-state index contributed by atoms with van der Waals surface area (Å²) in [7, 11) is 0. The third-order valence-corrected chi connectivity index (χ3v) is 4.51. The van der Waals surface area contributed by atoms with Gasteiger partial charge in [-0.2, -0.15) is 10.4 Å². The van der Waals surface area contributed by atoms with E-state index in [0.29, 0.717) is 11.6 Å². The number of aromatic nitrogens is 3. The van der Waals surface area contributed by atoms with E-state index >= 15 is 0 Å². The van der Waals surface area contributed by atoms with Crippen molar-refractivity contribution in [3.05, 3.63) is 42.0 Å². The Kier molecular flexibility index (Phi) is 4.30. The van der Waals surface area contributed by atoms with Gasteiger partial charge in [0.15, 0.2) is 0 Å². The van der Waals surface area contributed by atoms with Gasteiger partial charge in [-0.1, -0.05) is 0 Å². The van der Waals surface area contributed by atoms with E-state index in [2.05, 4.69) is 41.1 Å².